The molecule has 0 heterocycles. The molecule has 1 nitrogen and oxygen atoms in total. The summed E-state index contributed by atoms with van der Waals surface area (Å²) >= 11 is 0. The minimum absolute atomic E-state index is 0.434. The van der Waals surface area contributed by atoms with E-state index in [-0.39, 0.29) is 0 Å². The van der Waals surface area contributed by atoms with Crippen molar-refractivity contribution in [2.75, 3.05) is 0 Å². The van der Waals surface area contributed by atoms with Crippen LogP contribution in [0.4, 0.5) is 0 Å². The maximum atomic E-state index is 6.06. The van der Waals surface area contributed by atoms with Gasteiger partial charge < -0.3 is 4.74 Å². The molecular weight excluding hydrogens is 208 g/mol. The van der Waals surface area contributed by atoms with Gasteiger partial charge in [0.1, 0.15) is 5.75 Å². The molecule has 0 amide bonds. The van der Waals surface area contributed by atoms with Gasteiger partial charge in [-0.3, -0.25) is 0 Å². The van der Waals surface area contributed by atoms with Crippen molar-refractivity contribution in [2.45, 2.75) is 58.5 Å². The Morgan fingerprint density at radius 1 is 1.12 bits per heavy atom. The number of hydrogen-bond donors (Lipinski definition) is 0. The van der Waals surface area contributed by atoms with Crippen molar-refractivity contribution in [1.82, 2.24) is 0 Å². The lowest BCUT2D eigenvalue weighted by Gasteiger charge is -2.27. The van der Waals surface area contributed by atoms with Crippen LogP contribution in [-0.4, -0.2) is 6.10 Å². The van der Waals surface area contributed by atoms with Crippen molar-refractivity contribution in [3.63, 3.8) is 0 Å². The van der Waals surface area contributed by atoms with Crippen LogP contribution < -0.4 is 4.74 Å². The topological polar surface area (TPSA) is 9.23 Å². The van der Waals surface area contributed by atoms with Gasteiger partial charge in [-0.05, 0) is 48.8 Å². The average molecular weight is 232 g/mol. The van der Waals surface area contributed by atoms with E-state index in [0.29, 0.717) is 12.0 Å². The molecule has 1 heteroatoms. The first-order chi connectivity index (χ1) is 8.15. The molecule has 1 aliphatic rings. The second-order valence-electron chi connectivity index (χ2n) is 5.74. The standard InChI is InChI=1S/C16H24O/c1-12(2)14-7-9-15(10-8-14)17-16-6-4-5-13(3)11-16/h7-10,12-13,16H,4-6,11H2,1-3H3. The van der Waals surface area contributed by atoms with Gasteiger partial charge in [-0.1, -0.05) is 39.3 Å². The molecule has 0 N–H and O–H groups in total. The number of rotatable bonds is 3. The molecule has 1 aromatic rings. The van der Waals surface area contributed by atoms with Gasteiger partial charge in [-0.25, -0.2) is 0 Å². The highest BCUT2D eigenvalue weighted by atomic mass is 16.5. The van der Waals surface area contributed by atoms with Gasteiger partial charge >= 0.3 is 0 Å². The fourth-order valence-corrected chi connectivity index (χ4v) is 2.61. The first-order valence-corrected chi connectivity index (χ1v) is 6.91. The first kappa shape index (κ1) is 12.5. The average Bonchev–Trinajstić information content (AvgIpc) is 2.29. The maximum Gasteiger partial charge on any atom is 0.119 e. The molecule has 1 saturated carbocycles. The van der Waals surface area contributed by atoms with E-state index in [9.17, 15) is 0 Å². The summed E-state index contributed by atoms with van der Waals surface area (Å²) in [5, 5.41) is 0. The molecule has 94 valence electrons. The van der Waals surface area contributed by atoms with Gasteiger partial charge in [-0.2, -0.15) is 0 Å². The highest BCUT2D eigenvalue weighted by Crippen LogP contribution is 2.28. The third-order valence-electron chi connectivity index (χ3n) is 3.74. The zero-order valence-corrected chi connectivity index (χ0v) is 11.3. The van der Waals surface area contributed by atoms with Gasteiger partial charge in [-0.15, -0.1) is 0 Å². The molecule has 17 heavy (non-hydrogen) atoms. The lowest BCUT2D eigenvalue weighted by Crippen LogP contribution is -2.24. The zero-order valence-electron chi connectivity index (χ0n) is 11.3. The Bertz CT molecular complexity index is 339. The molecule has 2 atom stereocenters. The molecule has 2 unspecified atom stereocenters. The van der Waals surface area contributed by atoms with Crippen molar-refractivity contribution in [1.29, 1.82) is 0 Å². The summed E-state index contributed by atoms with van der Waals surface area (Å²) in [6, 6.07) is 8.61. The van der Waals surface area contributed by atoms with E-state index in [4.69, 9.17) is 4.74 Å². The molecule has 0 saturated heterocycles. The highest BCUT2D eigenvalue weighted by Gasteiger charge is 2.20. The zero-order chi connectivity index (χ0) is 12.3. The smallest absolute Gasteiger partial charge is 0.119 e. The molecule has 2 rings (SSSR count). The van der Waals surface area contributed by atoms with E-state index >= 15 is 0 Å². The molecular formula is C16H24O. The Kier molecular flexibility index (Phi) is 4.09. The Morgan fingerprint density at radius 3 is 2.41 bits per heavy atom. The second-order valence-corrected chi connectivity index (χ2v) is 5.74. The fourth-order valence-electron chi connectivity index (χ4n) is 2.61. The summed E-state index contributed by atoms with van der Waals surface area (Å²) in [5.41, 5.74) is 1.38. The number of hydrogen-bond acceptors (Lipinski definition) is 1. The number of ether oxygens (including phenoxy) is 1. The van der Waals surface area contributed by atoms with Crippen LogP contribution in [0.25, 0.3) is 0 Å². The van der Waals surface area contributed by atoms with Crippen molar-refractivity contribution in [3.8, 4) is 5.75 Å². The lowest BCUT2D eigenvalue weighted by atomic mass is 9.89. The van der Waals surface area contributed by atoms with Crippen LogP contribution in [-0.2, 0) is 0 Å². The Hall–Kier alpha value is -0.980. The predicted octanol–water partition coefficient (Wildman–Crippen LogP) is 4.77. The number of benzene rings is 1. The summed E-state index contributed by atoms with van der Waals surface area (Å²) in [7, 11) is 0. The third-order valence-corrected chi connectivity index (χ3v) is 3.74. The van der Waals surface area contributed by atoms with Crippen LogP contribution in [0.15, 0.2) is 24.3 Å². The predicted molar refractivity (Wildman–Crippen MR) is 72.6 cm³/mol. The monoisotopic (exact) mass is 232 g/mol. The van der Waals surface area contributed by atoms with E-state index in [1.165, 1.54) is 31.2 Å². The molecule has 0 radical (unpaired) electrons. The summed E-state index contributed by atoms with van der Waals surface area (Å²) < 4.78 is 6.06. The van der Waals surface area contributed by atoms with Crippen LogP contribution in [0.5, 0.6) is 5.75 Å². The summed E-state index contributed by atoms with van der Waals surface area (Å²) in [4.78, 5) is 0. The van der Waals surface area contributed by atoms with Crippen molar-refractivity contribution in [3.05, 3.63) is 29.8 Å². The van der Waals surface area contributed by atoms with Crippen LogP contribution in [0.2, 0.25) is 0 Å². The quantitative estimate of drug-likeness (QED) is 0.729. The Morgan fingerprint density at radius 2 is 1.82 bits per heavy atom. The first-order valence-electron chi connectivity index (χ1n) is 6.91. The minimum atomic E-state index is 0.434. The fraction of sp³-hybridized carbons (Fsp3) is 0.625. The van der Waals surface area contributed by atoms with E-state index in [1.807, 2.05) is 0 Å². The van der Waals surface area contributed by atoms with Gasteiger partial charge in [0.2, 0.25) is 0 Å². The Balaban J connectivity index is 1.94. The molecule has 0 bridgehead atoms. The normalized spacial score (nSPS) is 24.9. The van der Waals surface area contributed by atoms with Gasteiger partial charge in [0, 0.05) is 0 Å². The summed E-state index contributed by atoms with van der Waals surface area (Å²) in [5.74, 6) is 2.45. The molecule has 0 aliphatic heterocycles. The summed E-state index contributed by atoms with van der Waals surface area (Å²) in [6.07, 6.45) is 5.55. The van der Waals surface area contributed by atoms with Gasteiger partial charge in [0.25, 0.3) is 0 Å². The second kappa shape index (κ2) is 5.57. The van der Waals surface area contributed by atoms with E-state index in [0.717, 1.165) is 11.7 Å². The molecule has 0 aromatic heterocycles. The van der Waals surface area contributed by atoms with Gasteiger partial charge in [0.05, 0.1) is 6.10 Å². The van der Waals surface area contributed by atoms with Crippen molar-refractivity contribution >= 4 is 0 Å². The highest BCUT2D eigenvalue weighted by molar-refractivity contribution is 5.29. The van der Waals surface area contributed by atoms with Crippen LogP contribution >= 0.6 is 0 Å². The van der Waals surface area contributed by atoms with E-state index < -0.39 is 0 Å². The van der Waals surface area contributed by atoms with Crippen LogP contribution in [0.1, 0.15) is 57.9 Å². The van der Waals surface area contributed by atoms with Gasteiger partial charge in [0.15, 0.2) is 0 Å². The minimum Gasteiger partial charge on any atom is -0.490 e. The molecule has 1 aromatic carbocycles. The van der Waals surface area contributed by atoms with Crippen LogP contribution in [0.3, 0.4) is 0 Å². The maximum absolute atomic E-state index is 6.06. The van der Waals surface area contributed by atoms with E-state index in [2.05, 4.69) is 45.0 Å². The van der Waals surface area contributed by atoms with Crippen molar-refractivity contribution < 1.29 is 4.74 Å². The molecule has 0 spiro atoms. The third kappa shape index (κ3) is 3.49. The van der Waals surface area contributed by atoms with Crippen molar-refractivity contribution in [2.24, 2.45) is 5.92 Å². The van der Waals surface area contributed by atoms with E-state index in [1.54, 1.807) is 0 Å². The Labute approximate surface area is 105 Å². The molecule has 1 fully saturated rings. The summed E-state index contributed by atoms with van der Waals surface area (Å²) in [6.45, 7) is 6.77. The molecule has 1 aliphatic carbocycles. The lowest BCUT2D eigenvalue weighted by molar-refractivity contribution is 0.129. The van der Waals surface area contributed by atoms with Crippen LogP contribution in [0, 0.1) is 5.92 Å². The largest absolute Gasteiger partial charge is 0.490 e. The SMILES string of the molecule is CC1CCCC(Oc2ccc(C(C)C)cc2)C1.